The van der Waals surface area contributed by atoms with E-state index in [1.807, 2.05) is 43.3 Å². The van der Waals surface area contributed by atoms with E-state index >= 15 is 0 Å². The third kappa shape index (κ3) is 2.43. The Balaban J connectivity index is 2.33. The molecule has 0 aliphatic carbocycles. The molecule has 0 bridgehead atoms. The van der Waals surface area contributed by atoms with Crippen molar-refractivity contribution in [3.8, 4) is 22.6 Å². The molecular formula is C15H15N5O. The summed E-state index contributed by atoms with van der Waals surface area (Å²) in [5.41, 5.74) is 8.34. The van der Waals surface area contributed by atoms with Gasteiger partial charge < -0.3 is 15.1 Å². The van der Waals surface area contributed by atoms with Crippen molar-refractivity contribution in [2.24, 2.45) is 0 Å². The average Bonchev–Trinajstić information content (AvgIpc) is 3.01. The van der Waals surface area contributed by atoms with E-state index < -0.39 is 0 Å². The van der Waals surface area contributed by atoms with Crippen LogP contribution in [0.3, 0.4) is 0 Å². The molecule has 0 saturated heterocycles. The van der Waals surface area contributed by atoms with Crippen LogP contribution >= 0.6 is 0 Å². The lowest BCUT2D eigenvalue weighted by molar-refractivity contribution is 0.580. The molecule has 21 heavy (non-hydrogen) atoms. The fourth-order valence-electron chi connectivity index (χ4n) is 2.17. The first kappa shape index (κ1) is 13.1. The number of furan rings is 1. The molecule has 3 heterocycles. The van der Waals surface area contributed by atoms with Crippen LogP contribution in [0.5, 0.6) is 0 Å². The number of hydrogen-bond acceptors (Lipinski definition) is 6. The molecule has 3 rings (SSSR count). The van der Waals surface area contributed by atoms with Crippen LogP contribution in [0.15, 0.2) is 47.3 Å². The Bertz CT molecular complexity index is 738. The second kappa shape index (κ2) is 5.24. The molecule has 3 aromatic heterocycles. The van der Waals surface area contributed by atoms with E-state index in [0.717, 1.165) is 16.9 Å². The van der Waals surface area contributed by atoms with Crippen molar-refractivity contribution in [2.75, 3.05) is 24.7 Å². The van der Waals surface area contributed by atoms with E-state index in [9.17, 15) is 0 Å². The largest absolute Gasteiger partial charge is 0.463 e. The maximum absolute atomic E-state index is 5.85. The Morgan fingerprint density at radius 3 is 2.48 bits per heavy atom. The van der Waals surface area contributed by atoms with Crippen LogP contribution in [0.4, 0.5) is 11.8 Å². The van der Waals surface area contributed by atoms with Gasteiger partial charge in [0.2, 0.25) is 5.95 Å². The van der Waals surface area contributed by atoms with Gasteiger partial charge in [0.1, 0.15) is 11.5 Å². The first-order valence-corrected chi connectivity index (χ1v) is 6.46. The molecule has 0 atom stereocenters. The molecule has 0 aromatic carbocycles. The summed E-state index contributed by atoms with van der Waals surface area (Å²) in [6.07, 6.45) is 5.08. The van der Waals surface area contributed by atoms with Crippen molar-refractivity contribution in [3.63, 3.8) is 0 Å². The zero-order valence-corrected chi connectivity index (χ0v) is 11.8. The third-order valence-corrected chi connectivity index (χ3v) is 3.05. The highest BCUT2D eigenvalue weighted by Crippen LogP contribution is 2.37. The van der Waals surface area contributed by atoms with Gasteiger partial charge in [0.25, 0.3) is 0 Å². The van der Waals surface area contributed by atoms with E-state index in [4.69, 9.17) is 10.2 Å². The number of rotatable bonds is 3. The van der Waals surface area contributed by atoms with Gasteiger partial charge in [0, 0.05) is 26.5 Å². The highest BCUT2D eigenvalue weighted by Gasteiger charge is 2.19. The average molecular weight is 281 g/mol. The summed E-state index contributed by atoms with van der Waals surface area (Å²) in [5.74, 6) is 1.60. The minimum Gasteiger partial charge on any atom is -0.463 e. The van der Waals surface area contributed by atoms with E-state index in [1.165, 1.54) is 0 Å². The summed E-state index contributed by atoms with van der Waals surface area (Å²) in [5, 5.41) is 0. The van der Waals surface area contributed by atoms with Gasteiger partial charge in [-0.25, -0.2) is 4.98 Å². The van der Waals surface area contributed by atoms with Gasteiger partial charge in [-0.2, -0.15) is 4.98 Å². The Hall–Kier alpha value is -2.89. The van der Waals surface area contributed by atoms with E-state index in [-0.39, 0.29) is 5.95 Å². The van der Waals surface area contributed by atoms with Crippen LogP contribution in [0, 0.1) is 0 Å². The van der Waals surface area contributed by atoms with Gasteiger partial charge >= 0.3 is 0 Å². The molecule has 0 saturated carbocycles. The maximum Gasteiger partial charge on any atom is 0.222 e. The van der Waals surface area contributed by atoms with Gasteiger partial charge in [-0.3, -0.25) is 4.98 Å². The SMILES string of the molecule is CN(C)c1nc(N)nc(-c2ccco2)c1-c1ccncc1. The van der Waals surface area contributed by atoms with Gasteiger partial charge in [-0.1, -0.05) is 0 Å². The highest BCUT2D eigenvalue weighted by atomic mass is 16.3. The minimum absolute atomic E-state index is 0.211. The van der Waals surface area contributed by atoms with Gasteiger partial charge in [0.05, 0.1) is 11.8 Å². The van der Waals surface area contributed by atoms with Crippen molar-refractivity contribution in [1.82, 2.24) is 15.0 Å². The van der Waals surface area contributed by atoms with E-state index in [0.29, 0.717) is 11.5 Å². The number of nitrogens with zero attached hydrogens (tertiary/aromatic N) is 4. The van der Waals surface area contributed by atoms with Crippen LogP contribution in [0.25, 0.3) is 22.6 Å². The predicted octanol–water partition coefficient (Wildman–Crippen LogP) is 2.45. The molecule has 2 N–H and O–H groups in total. The molecule has 0 aliphatic heterocycles. The summed E-state index contributed by atoms with van der Waals surface area (Å²) in [4.78, 5) is 14.7. The van der Waals surface area contributed by atoms with E-state index in [2.05, 4.69) is 15.0 Å². The van der Waals surface area contributed by atoms with Crippen molar-refractivity contribution in [3.05, 3.63) is 42.9 Å². The summed E-state index contributed by atoms with van der Waals surface area (Å²) >= 11 is 0. The Labute approximate surface area is 122 Å². The van der Waals surface area contributed by atoms with Crippen LogP contribution < -0.4 is 10.6 Å². The molecule has 0 fully saturated rings. The Kier molecular flexibility index (Phi) is 3.27. The number of anilines is 2. The quantitative estimate of drug-likeness (QED) is 0.794. The van der Waals surface area contributed by atoms with Crippen LogP contribution in [0.1, 0.15) is 0 Å². The number of hydrogen-bond donors (Lipinski definition) is 1. The predicted molar refractivity (Wildman–Crippen MR) is 81.7 cm³/mol. The van der Waals surface area contributed by atoms with E-state index in [1.54, 1.807) is 18.7 Å². The lowest BCUT2D eigenvalue weighted by atomic mass is 10.0. The maximum atomic E-state index is 5.85. The normalized spacial score (nSPS) is 10.6. The molecule has 6 heteroatoms. The van der Waals surface area contributed by atoms with Crippen LogP contribution in [0.2, 0.25) is 0 Å². The van der Waals surface area contributed by atoms with Gasteiger partial charge in [-0.05, 0) is 29.8 Å². The number of pyridine rings is 1. The summed E-state index contributed by atoms with van der Waals surface area (Å²) in [6.45, 7) is 0. The van der Waals surface area contributed by atoms with Crippen molar-refractivity contribution >= 4 is 11.8 Å². The van der Waals surface area contributed by atoms with Gasteiger partial charge in [-0.15, -0.1) is 0 Å². The number of nitrogens with two attached hydrogens (primary N) is 1. The zero-order valence-electron chi connectivity index (χ0n) is 11.8. The molecule has 6 nitrogen and oxygen atoms in total. The molecule has 0 spiro atoms. The molecular weight excluding hydrogens is 266 g/mol. The topological polar surface area (TPSA) is 81.1 Å². The fraction of sp³-hybridized carbons (Fsp3) is 0.133. The first-order chi connectivity index (χ1) is 10.2. The third-order valence-electron chi connectivity index (χ3n) is 3.05. The summed E-state index contributed by atoms with van der Waals surface area (Å²) in [7, 11) is 3.83. The van der Waals surface area contributed by atoms with Crippen molar-refractivity contribution in [1.29, 1.82) is 0 Å². The minimum atomic E-state index is 0.211. The molecule has 0 radical (unpaired) electrons. The van der Waals surface area contributed by atoms with Crippen molar-refractivity contribution in [2.45, 2.75) is 0 Å². The smallest absolute Gasteiger partial charge is 0.222 e. The molecule has 0 amide bonds. The summed E-state index contributed by atoms with van der Waals surface area (Å²) < 4.78 is 5.49. The standard InChI is InChI=1S/C15H15N5O/c1-20(2)14-12(10-5-7-17-8-6-10)13(18-15(16)19-14)11-4-3-9-21-11/h3-9H,1-2H3,(H2,16,18,19). The van der Waals surface area contributed by atoms with Crippen molar-refractivity contribution < 1.29 is 4.42 Å². The molecule has 0 unspecified atom stereocenters. The monoisotopic (exact) mass is 281 g/mol. The Morgan fingerprint density at radius 2 is 1.86 bits per heavy atom. The Morgan fingerprint density at radius 1 is 1.10 bits per heavy atom. The lowest BCUT2D eigenvalue weighted by Gasteiger charge is -2.18. The number of aromatic nitrogens is 3. The van der Waals surface area contributed by atoms with Crippen LogP contribution in [-0.4, -0.2) is 29.0 Å². The van der Waals surface area contributed by atoms with Gasteiger partial charge in [0.15, 0.2) is 5.76 Å². The lowest BCUT2D eigenvalue weighted by Crippen LogP contribution is -2.15. The number of nitrogen functional groups attached to an aromatic ring is 1. The highest BCUT2D eigenvalue weighted by molar-refractivity contribution is 5.87. The zero-order chi connectivity index (χ0) is 14.8. The molecule has 0 aliphatic rings. The second-order valence-electron chi connectivity index (χ2n) is 4.74. The molecule has 106 valence electrons. The fourth-order valence-corrected chi connectivity index (χ4v) is 2.17. The van der Waals surface area contributed by atoms with Crippen LogP contribution in [-0.2, 0) is 0 Å². The summed E-state index contributed by atoms with van der Waals surface area (Å²) in [6, 6.07) is 7.49. The first-order valence-electron chi connectivity index (χ1n) is 6.46. The molecule has 3 aromatic rings. The second-order valence-corrected chi connectivity index (χ2v) is 4.74.